The number of nitrogens with zero attached hydrogens (tertiary/aromatic N) is 3. The second-order valence-electron chi connectivity index (χ2n) is 5.16. The fraction of sp³-hybridized carbons (Fsp3) is 0.267. The van der Waals surface area contributed by atoms with E-state index >= 15 is 0 Å². The molecule has 1 aliphatic rings. The smallest absolute Gasteiger partial charge is 0.260 e. The van der Waals surface area contributed by atoms with E-state index in [1.165, 1.54) is 0 Å². The zero-order chi connectivity index (χ0) is 14.9. The lowest BCUT2D eigenvalue weighted by molar-refractivity contribution is 0.382. The molecule has 3 heterocycles. The third kappa shape index (κ3) is 2.29. The first-order chi connectivity index (χ1) is 10.8. The topological polar surface area (TPSA) is 77.0 Å². The van der Waals surface area contributed by atoms with Crippen molar-refractivity contribution in [1.29, 1.82) is 0 Å². The van der Waals surface area contributed by atoms with Gasteiger partial charge < -0.3 is 14.4 Å². The molecule has 22 heavy (non-hydrogen) atoms. The molecule has 0 unspecified atom stereocenters. The minimum absolute atomic E-state index is 0.181. The summed E-state index contributed by atoms with van der Waals surface area (Å²) in [5, 5.41) is 10.7. The molecule has 2 aromatic heterocycles. The van der Waals surface area contributed by atoms with Crippen LogP contribution < -0.4 is 5.32 Å². The van der Waals surface area contributed by atoms with E-state index in [2.05, 4.69) is 20.6 Å². The third-order valence-electron chi connectivity index (χ3n) is 3.74. The first-order valence-electron chi connectivity index (χ1n) is 7.05. The van der Waals surface area contributed by atoms with Crippen LogP contribution >= 0.6 is 0 Å². The largest absolute Gasteiger partial charge is 0.361 e. The Kier molecular flexibility index (Phi) is 3.19. The van der Waals surface area contributed by atoms with Crippen molar-refractivity contribution in [1.82, 2.24) is 20.6 Å². The van der Waals surface area contributed by atoms with Crippen LogP contribution in [0.5, 0.6) is 0 Å². The van der Waals surface area contributed by atoms with Gasteiger partial charge in [-0.15, -0.1) is 0 Å². The van der Waals surface area contributed by atoms with E-state index in [0.717, 1.165) is 18.5 Å². The van der Waals surface area contributed by atoms with Crippen molar-refractivity contribution in [2.75, 3.05) is 6.54 Å². The number of nitrogens with one attached hydrogen (secondary N) is 1. The minimum Gasteiger partial charge on any atom is -0.361 e. The molecular weight excluding hydrogens is 287 g/mol. The molecule has 0 radical (unpaired) electrons. The maximum absolute atomic E-state index is 14.6. The number of hydrogen-bond acceptors (Lipinski definition) is 6. The molecule has 0 atom stereocenters. The Labute approximate surface area is 125 Å². The second kappa shape index (κ2) is 5.34. The van der Waals surface area contributed by atoms with Gasteiger partial charge >= 0.3 is 0 Å². The predicted octanol–water partition coefficient (Wildman–Crippen LogP) is 2.10. The molecule has 112 valence electrons. The fourth-order valence-electron chi connectivity index (χ4n) is 2.61. The van der Waals surface area contributed by atoms with E-state index in [-0.39, 0.29) is 11.7 Å². The molecule has 6 nitrogen and oxygen atoms in total. The number of aromatic nitrogens is 3. The Hall–Kier alpha value is -2.54. The summed E-state index contributed by atoms with van der Waals surface area (Å²) in [7, 11) is 0. The monoisotopic (exact) mass is 300 g/mol. The predicted molar refractivity (Wildman–Crippen MR) is 74.4 cm³/mol. The molecule has 0 aliphatic carbocycles. The molecule has 0 saturated carbocycles. The van der Waals surface area contributed by atoms with Crippen molar-refractivity contribution in [2.45, 2.75) is 19.4 Å². The van der Waals surface area contributed by atoms with Crippen molar-refractivity contribution in [3.63, 3.8) is 0 Å². The summed E-state index contributed by atoms with van der Waals surface area (Å²) in [5.41, 5.74) is 2.04. The van der Waals surface area contributed by atoms with E-state index in [0.29, 0.717) is 35.7 Å². The first-order valence-corrected chi connectivity index (χ1v) is 7.05. The Morgan fingerprint density at radius 1 is 1.23 bits per heavy atom. The molecule has 1 N–H and O–H groups in total. The highest BCUT2D eigenvalue weighted by atomic mass is 19.1. The molecule has 0 amide bonds. The molecule has 1 aromatic carbocycles. The highest BCUT2D eigenvalue weighted by Gasteiger charge is 2.20. The zero-order valence-corrected chi connectivity index (χ0v) is 11.7. The molecule has 0 spiro atoms. The quantitative estimate of drug-likeness (QED) is 0.798. The highest BCUT2D eigenvalue weighted by Crippen LogP contribution is 2.28. The van der Waals surface area contributed by atoms with E-state index < -0.39 is 0 Å². The first kappa shape index (κ1) is 13.1. The van der Waals surface area contributed by atoms with E-state index in [4.69, 9.17) is 9.05 Å². The van der Waals surface area contributed by atoms with Gasteiger partial charge in [0.25, 0.3) is 5.89 Å². The Morgan fingerprint density at radius 3 is 3.05 bits per heavy atom. The standard InChI is InChI=1S/C15H13FN4O2/c16-14-11(2-1-9-3-5-17-8-12(9)14)15-19-13(20-22-15)7-10-4-6-18-21-10/h1-2,4,6,17H,3,5,7-8H2. The SMILES string of the molecule is Fc1c(-c2nc(Cc3ccno3)no2)ccc2c1CNCC2. The van der Waals surface area contributed by atoms with E-state index in [9.17, 15) is 4.39 Å². The van der Waals surface area contributed by atoms with Gasteiger partial charge in [-0.1, -0.05) is 16.4 Å². The van der Waals surface area contributed by atoms with Gasteiger partial charge in [0.1, 0.15) is 11.6 Å². The number of hydrogen-bond donors (Lipinski definition) is 1. The average Bonchev–Trinajstić information content (AvgIpc) is 3.20. The summed E-state index contributed by atoms with van der Waals surface area (Å²) in [6.45, 7) is 1.39. The van der Waals surface area contributed by atoms with Crippen LogP contribution in [0.1, 0.15) is 22.7 Å². The normalized spacial score (nSPS) is 14.0. The Bertz CT molecular complexity index is 798. The third-order valence-corrected chi connectivity index (χ3v) is 3.74. The fourth-order valence-corrected chi connectivity index (χ4v) is 2.61. The Morgan fingerprint density at radius 2 is 2.18 bits per heavy atom. The maximum atomic E-state index is 14.6. The Balaban J connectivity index is 1.66. The second-order valence-corrected chi connectivity index (χ2v) is 5.16. The average molecular weight is 300 g/mol. The van der Waals surface area contributed by atoms with E-state index in [1.54, 1.807) is 18.3 Å². The summed E-state index contributed by atoms with van der Waals surface area (Å²) in [6.07, 6.45) is 2.73. The molecule has 0 fully saturated rings. The van der Waals surface area contributed by atoms with Crippen molar-refractivity contribution in [3.8, 4) is 11.5 Å². The van der Waals surface area contributed by atoms with Crippen molar-refractivity contribution >= 4 is 0 Å². The van der Waals surface area contributed by atoms with Gasteiger partial charge in [-0.25, -0.2) is 4.39 Å². The summed E-state index contributed by atoms with van der Waals surface area (Å²) < 4.78 is 24.8. The van der Waals surface area contributed by atoms with Gasteiger partial charge in [0, 0.05) is 18.2 Å². The van der Waals surface area contributed by atoms with Crippen molar-refractivity contribution in [2.24, 2.45) is 0 Å². The van der Waals surface area contributed by atoms with Crippen LogP contribution in [0.4, 0.5) is 4.39 Å². The molecular formula is C15H13FN4O2. The van der Waals surface area contributed by atoms with Crippen LogP contribution in [0.2, 0.25) is 0 Å². The van der Waals surface area contributed by atoms with Crippen LogP contribution in [0.25, 0.3) is 11.5 Å². The molecule has 1 aliphatic heterocycles. The van der Waals surface area contributed by atoms with Gasteiger partial charge in [0.2, 0.25) is 0 Å². The summed E-state index contributed by atoms with van der Waals surface area (Å²) in [4.78, 5) is 4.24. The number of benzene rings is 1. The van der Waals surface area contributed by atoms with Gasteiger partial charge in [-0.3, -0.25) is 0 Å². The lowest BCUT2D eigenvalue weighted by Gasteiger charge is -2.18. The lowest BCUT2D eigenvalue weighted by atomic mass is 9.97. The zero-order valence-electron chi connectivity index (χ0n) is 11.7. The molecule has 0 saturated heterocycles. The number of fused-ring (bicyclic) bond motifs is 1. The highest BCUT2D eigenvalue weighted by molar-refractivity contribution is 5.57. The molecule has 0 bridgehead atoms. The van der Waals surface area contributed by atoms with Gasteiger partial charge in [0.05, 0.1) is 18.2 Å². The lowest BCUT2D eigenvalue weighted by Crippen LogP contribution is -2.24. The van der Waals surface area contributed by atoms with Gasteiger partial charge in [-0.05, 0) is 24.6 Å². The summed E-state index contributed by atoms with van der Waals surface area (Å²) in [6, 6.07) is 5.35. The van der Waals surface area contributed by atoms with Crippen LogP contribution in [0, 0.1) is 5.82 Å². The molecule has 7 heteroatoms. The van der Waals surface area contributed by atoms with Crippen LogP contribution in [-0.2, 0) is 19.4 Å². The van der Waals surface area contributed by atoms with Crippen LogP contribution in [-0.4, -0.2) is 21.8 Å². The number of halogens is 1. The minimum atomic E-state index is -0.292. The van der Waals surface area contributed by atoms with E-state index in [1.807, 2.05) is 6.07 Å². The van der Waals surface area contributed by atoms with Crippen LogP contribution in [0.15, 0.2) is 33.4 Å². The van der Waals surface area contributed by atoms with Gasteiger partial charge in [0.15, 0.2) is 5.82 Å². The molecule has 3 aromatic rings. The molecule has 4 rings (SSSR count). The number of rotatable bonds is 3. The van der Waals surface area contributed by atoms with Gasteiger partial charge in [-0.2, -0.15) is 4.98 Å². The summed E-state index contributed by atoms with van der Waals surface area (Å²) >= 11 is 0. The van der Waals surface area contributed by atoms with Crippen molar-refractivity contribution in [3.05, 3.63) is 52.9 Å². The van der Waals surface area contributed by atoms with Crippen LogP contribution in [0.3, 0.4) is 0 Å². The maximum Gasteiger partial charge on any atom is 0.260 e. The van der Waals surface area contributed by atoms with Crippen molar-refractivity contribution < 1.29 is 13.4 Å². The summed E-state index contributed by atoms with van der Waals surface area (Å²) in [5.74, 6) is 0.949.